The number of carbonyl (C=O) groups is 2. The average molecular weight is 290 g/mol. The topological polar surface area (TPSA) is 34.1 Å². The summed E-state index contributed by atoms with van der Waals surface area (Å²) in [5, 5.41) is 0. The van der Waals surface area contributed by atoms with Gasteiger partial charge in [0, 0.05) is 24.8 Å². The molecule has 0 unspecified atom stereocenters. The predicted molar refractivity (Wildman–Crippen MR) is 64.6 cm³/mol. The van der Waals surface area contributed by atoms with Crippen LogP contribution in [0.3, 0.4) is 0 Å². The van der Waals surface area contributed by atoms with Gasteiger partial charge in [0.2, 0.25) is 0 Å². The van der Waals surface area contributed by atoms with Crippen LogP contribution in [0.5, 0.6) is 0 Å². The molecule has 1 aromatic rings. The van der Waals surface area contributed by atoms with Crippen molar-refractivity contribution in [1.82, 2.24) is 0 Å². The van der Waals surface area contributed by atoms with Crippen molar-refractivity contribution in [3.8, 4) is 0 Å². The molecule has 1 rings (SSSR count). The molecule has 0 saturated heterocycles. The Bertz CT molecular complexity index is 506. The third-order valence-electron chi connectivity index (χ3n) is 2.83. The number of benzene rings is 1. The number of ketones is 2. The van der Waals surface area contributed by atoms with E-state index in [1.165, 1.54) is 6.92 Å². The SMILES string of the molecule is CC(=O)CCC(=O)CCc1c(F)cccc1C(F)(F)F. The molecule has 0 atom stereocenters. The number of halogens is 4. The van der Waals surface area contributed by atoms with Crippen molar-refractivity contribution in [3.63, 3.8) is 0 Å². The highest BCUT2D eigenvalue weighted by Crippen LogP contribution is 2.33. The average Bonchev–Trinajstić information content (AvgIpc) is 2.33. The van der Waals surface area contributed by atoms with Gasteiger partial charge in [-0.15, -0.1) is 0 Å². The molecule has 0 N–H and O–H groups in total. The summed E-state index contributed by atoms with van der Waals surface area (Å²) in [6.07, 6.45) is -5.15. The minimum absolute atomic E-state index is 0.0227. The van der Waals surface area contributed by atoms with Gasteiger partial charge in [0.15, 0.2) is 0 Å². The molecule has 0 spiro atoms. The Morgan fingerprint density at radius 1 is 1.10 bits per heavy atom. The van der Waals surface area contributed by atoms with Crippen molar-refractivity contribution in [2.75, 3.05) is 0 Å². The summed E-state index contributed by atoms with van der Waals surface area (Å²) >= 11 is 0. The molecule has 1 aromatic carbocycles. The summed E-state index contributed by atoms with van der Waals surface area (Å²) in [5.74, 6) is -1.49. The van der Waals surface area contributed by atoms with Crippen molar-refractivity contribution in [2.24, 2.45) is 0 Å². The first-order valence-electron chi connectivity index (χ1n) is 6.07. The zero-order valence-corrected chi connectivity index (χ0v) is 10.9. The second-order valence-electron chi connectivity index (χ2n) is 4.50. The van der Waals surface area contributed by atoms with E-state index in [9.17, 15) is 27.2 Å². The smallest absolute Gasteiger partial charge is 0.300 e. The summed E-state index contributed by atoms with van der Waals surface area (Å²) in [6.45, 7) is 1.33. The molecule has 6 heteroatoms. The van der Waals surface area contributed by atoms with Crippen molar-refractivity contribution in [1.29, 1.82) is 0 Å². The molecule has 0 radical (unpaired) electrons. The molecule has 0 saturated carbocycles. The summed E-state index contributed by atoms with van der Waals surface area (Å²) in [5.41, 5.74) is -1.56. The van der Waals surface area contributed by atoms with Gasteiger partial charge < -0.3 is 4.79 Å². The first-order valence-corrected chi connectivity index (χ1v) is 6.07. The highest BCUT2D eigenvalue weighted by atomic mass is 19.4. The molecule has 0 aromatic heterocycles. The number of Topliss-reactive ketones (excluding diaryl/α,β-unsaturated/α-hetero) is 2. The lowest BCUT2D eigenvalue weighted by Gasteiger charge is -2.13. The fourth-order valence-electron chi connectivity index (χ4n) is 1.78. The van der Waals surface area contributed by atoms with Gasteiger partial charge in [0.05, 0.1) is 5.56 Å². The van der Waals surface area contributed by atoms with Gasteiger partial charge in [-0.1, -0.05) is 6.07 Å². The van der Waals surface area contributed by atoms with Crippen LogP contribution < -0.4 is 0 Å². The number of rotatable bonds is 6. The molecule has 0 aliphatic heterocycles. The molecule has 20 heavy (non-hydrogen) atoms. The molecule has 110 valence electrons. The standard InChI is InChI=1S/C14H14F4O2/c1-9(19)5-6-10(20)7-8-11-12(14(16,17)18)3-2-4-13(11)15/h2-4H,5-8H2,1H3. The second-order valence-corrected chi connectivity index (χ2v) is 4.50. The third kappa shape index (κ3) is 4.75. The Hall–Kier alpha value is -1.72. The first kappa shape index (κ1) is 16.3. The van der Waals surface area contributed by atoms with Gasteiger partial charge in [0.1, 0.15) is 17.4 Å². The van der Waals surface area contributed by atoms with Gasteiger partial charge in [-0.3, -0.25) is 4.79 Å². The van der Waals surface area contributed by atoms with Crippen LogP contribution in [0.1, 0.15) is 37.3 Å². The van der Waals surface area contributed by atoms with Crippen LogP contribution >= 0.6 is 0 Å². The summed E-state index contributed by atoms with van der Waals surface area (Å²) in [7, 11) is 0. The maximum absolute atomic E-state index is 13.5. The largest absolute Gasteiger partial charge is 0.416 e. The quantitative estimate of drug-likeness (QED) is 0.748. The van der Waals surface area contributed by atoms with E-state index >= 15 is 0 Å². The zero-order chi connectivity index (χ0) is 15.3. The molecular formula is C14H14F4O2. The fraction of sp³-hybridized carbons (Fsp3) is 0.429. The molecule has 0 amide bonds. The van der Waals surface area contributed by atoms with E-state index < -0.39 is 23.1 Å². The molecule has 0 aliphatic carbocycles. The maximum atomic E-state index is 13.5. The van der Waals surface area contributed by atoms with E-state index in [0.717, 1.165) is 18.2 Å². The van der Waals surface area contributed by atoms with E-state index in [1.54, 1.807) is 0 Å². The van der Waals surface area contributed by atoms with Gasteiger partial charge in [-0.25, -0.2) is 4.39 Å². The van der Waals surface area contributed by atoms with Crippen molar-refractivity contribution >= 4 is 11.6 Å². The van der Waals surface area contributed by atoms with Crippen molar-refractivity contribution < 1.29 is 27.2 Å². The van der Waals surface area contributed by atoms with Crippen LogP contribution in [0.4, 0.5) is 17.6 Å². The van der Waals surface area contributed by atoms with Gasteiger partial charge in [-0.05, 0) is 25.5 Å². The molecular weight excluding hydrogens is 276 g/mol. The number of alkyl halides is 3. The van der Waals surface area contributed by atoms with Crippen molar-refractivity contribution in [2.45, 2.75) is 38.8 Å². The van der Waals surface area contributed by atoms with E-state index in [4.69, 9.17) is 0 Å². The molecule has 0 heterocycles. The highest BCUT2D eigenvalue weighted by molar-refractivity contribution is 5.84. The molecule has 0 aliphatic rings. The monoisotopic (exact) mass is 290 g/mol. The lowest BCUT2D eigenvalue weighted by molar-refractivity contribution is -0.138. The Morgan fingerprint density at radius 2 is 1.75 bits per heavy atom. The predicted octanol–water partition coefficient (Wildman–Crippen LogP) is 3.72. The van der Waals surface area contributed by atoms with E-state index in [1.807, 2.05) is 0 Å². The van der Waals surface area contributed by atoms with Crippen LogP contribution in [-0.2, 0) is 22.2 Å². The minimum atomic E-state index is -4.65. The summed E-state index contributed by atoms with van der Waals surface area (Å²) in [6, 6.07) is 2.71. The third-order valence-corrected chi connectivity index (χ3v) is 2.83. The van der Waals surface area contributed by atoms with Crippen LogP contribution in [0.25, 0.3) is 0 Å². The number of hydrogen-bond donors (Lipinski definition) is 0. The molecule has 2 nitrogen and oxygen atoms in total. The Labute approximate surface area is 113 Å². The van der Waals surface area contributed by atoms with Crippen LogP contribution in [0.2, 0.25) is 0 Å². The Balaban J connectivity index is 2.77. The highest BCUT2D eigenvalue weighted by Gasteiger charge is 2.34. The van der Waals surface area contributed by atoms with Gasteiger partial charge in [0.25, 0.3) is 0 Å². The second kappa shape index (κ2) is 6.63. The zero-order valence-electron chi connectivity index (χ0n) is 10.9. The summed E-state index contributed by atoms with van der Waals surface area (Å²) < 4.78 is 51.6. The van der Waals surface area contributed by atoms with Crippen molar-refractivity contribution in [3.05, 3.63) is 35.1 Å². The first-order chi connectivity index (χ1) is 9.21. The lowest BCUT2D eigenvalue weighted by atomic mass is 9.99. The van der Waals surface area contributed by atoms with E-state index in [-0.39, 0.29) is 37.2 Å². The van der Waals surface area contributed by atoms with Crippen LogP contribution in [0, 0.1) is 5.82 Å². The Kier molecular flexibility index (Phi) is 5.42. The van der Waals surface area contributed by atoms with Crippen LogP contribution in [0.15, 0.2) is 18.2 Å². The van der Waals surface area contributed by atoms with E-state index in [2.05, 4.69) is 0 Å². The summed E-state index contributed by atoms with van der Waals surface area (Å²) in [4.78, 5) is 22.1. The lowest BCUT2D eigenvalue weighted by Crippen LogP contribution is -2.12. The number of hydrogen-bond acceptors (Lipinski definition) is 2. The normalized spacial score (nSPS) is 11.4. The molecule has 0 bridgehead atoms. The van der Waals surface area contributed by atoms with Crippen LogP contribution in [-0.4, -0.2) is 11.6 Å². The van der Waals surface area contributed by atoms with E-state index in [0.29, 0.717) is 0 Å². The fourth-order valence-corrected chi connectivity index (χ4v) is 1.78. The van der Waals surface area contributed by atoms with Gasteiger partial charge in [-0.2, -0.15) is 13.2 Å². The Morgan fingerprint density at radius 3 is 2.30 bits per heavy atom. The van der Waals surface area contributed by atoms with Gasteiger partial charge >= 0.3 is 6.18 Å². The maximum Gasteiger partial charge on any atom is 0.416 e. The molecule has 0 fully saturated rings. The number of carbonyl (C=O) groups excluding carboxylic acids is 2. The minimum Gasteiger partial charge on any atom is -0.300 e.